The number of urea groups is 1. The topological polar surface area (TPSA) is 60.9 Å². The normalized spacial score (nSPS) is 25.1. The van der Waals surface area contributed by atoms with Crippen LogP contribution in [0.1, 0.15) is 52.4 Å². The molecule has 2 fully saturated rings. The molecule has 0 aromatic heterocycles. The Hall–Kier alpha value is -1.26. The van der Waals surface area contributed by atoms with Crippen molar-refractivity contribution in [2.75, 3.05) is 26.2 Å². The molecule has 2 aliphatic heterocycles. The van der Waals surface area contributed by atoms with Gasteiger partial charge in [-0.2, -0.15) is 0 Å². The zero-order chi connectivity index (χ0) is 15.5. The van der Waals surface area contributed by atoms with E-state index in [-0.39, 0.29) is 18.4 Å². The highest BCUT2D eigenvalue weighted by Gasteiger charge is 2.39. The van der Waals surface area contributed by atoms with E-state index in [9.17, 15) is 9.59 Å². The van der Waals surface area contributed by atoms with Crippen LogP contribution < -0.4 is 0 Å². The number of nitrogens with zero attached hydrogens (tertiary/aromatic N) is 2. The zero-order valence-electron chi connectivity index (χ0n) is 13.3. The molecule has 1 N–H and O–H groups in total. The van der Waals surface area contributed by atoms with Gasteiger partial charge >= 0.3 is 12.0 Å². The molecule has 0 aliphatic carbocycles. The van der Waals surface area contributed by atoms with Crippen LogP contribution in [0, 0.1) is 11.3 Å². The van der Waals surface area contributed by atoms with E-state index in [1.165, 1.54) is 0 Å². The van der Waals surface area contributed by atoms with Crippen LogP contribution in [0.5, 0.6) is 0 Å². The number of amides is 2. The Labute approximate surface area is 127 Å². The number of carbonyl (C=O) groups is 2. The van der Waals surface area contributed by atoms with Gasteiger partial charge in [-0.1, -0.05) is 13.8 Å². The highest BCUT2D eigenvalue weighted by atomic mass is 16.4. The molecule has 5 heteroatoms. The molecule has 2 saturated heterocycles. The number of carbonyl (C=O) groups excluding carboxylic acids is 1. The molecular weight excluding hydrogens is 268 g/mol. The van der Waals surface area contributed by atoms with Crippen molar-refractivity contribution < 1.29 is 14.7 Å². The summed E-state index contributed by atoms with van der Waals surface area (Å²) in [6.45, 7) is 7.51. The van der Waals surface area contributed by atoms with Gasteiger partial charge in [-0.25, -0.2) is 4.79 Å². The second-order valence-corrected chi connectivity index (χ2v) is 6.71. The van der Waals surface area contributed by atoms with E-state index < -0.39 is 5.97 Å². The van der Waals surface area contributed by atoms with Gasteiger partial charge in [-0.3, -0.25) is 4.79 Å². The van der Waals surface area contributed by atoms with Crippen LogP contribution in [-0.2, 0) is 4.79 Å². The second-order valence-electron chi connectivity index (χ2n) is 6.71. The standard InChI is InChI=1S/C16H28N2O3/c1-3-16(4-2)7-9-18(12-16)15(21)17-8-5-6-13(11-17)10-14(19)20/h13H,3-12H2,1-2H3,(H,19,20). The number of aliphatic carboxylic acids is 1. The van der Waals surface area contributed by atoms with E-state index >= 15 is 0 Å². The number of carboxylic acid groups (broad SMARTS) is 1. The molecule has 2 aliphatic rings. The molecule has 0 aromatic carbocycles. The fourth-order valence-electron chi connectivity index (χ4n) is 3.78. The van der Waals surface area contributed by atoms with Crippen LogP contribution in [0.2, 0.25) is 0 Å². The van der Waals surface area contributed by atoms with Gasteiger partial charge in [0, 0.05) is 32.6 Å². The molecule has 0 aromatic rings. The van der Waals surface area contributed by atoms with Crippen molar-refractivity contribution in [1.29, 1.82) is 0 Å². The maximum absolute atomic E-state index is 12.7. The van der Waals surface area contributed by atoms with Gasteiger partial charge in [0.2, 0.25) is 0 Å². The molecule has 0 bridgehead atoms. The molecule has 0 radical (unpaired) electrons. The summed E-state index contributed by atoms with van der Waals surface area (Å²) in [5.41, 5.74) is 0.298. The van der Waals surface area contributed by atoms with Crippen molar-refractivity contribution in [3.8, 4) is 0 Å². The Balaban J connectivity index is 1.93. The number of likely N-dealkylation sites (tertiary alicyclic amines) is 2. The quantitative estimate of drug-likeness (QED) is 0.867. The summed E-state index contributed by atoms with van der Waals surface area (Å²) >= 11 is 0. The van der Waals surface area contributed by atoms with Gasteiger partial charge in [0.05, 0.1) is 0 Å². The number of hydrogen-bond acceptors (Lipinski definition) is 2. The number of carboxylic acids is 1. The van der Waals surface area contributed by atoms with Gasteiger partial charge in [-0.15, -0.1) is 0 Å². The van der Waals surface area contributed by atoms with Crippen LogP contribution >= 0.6 is 0 Å². The maximum atomic E-state index is 12.7. The fraction of sp³-hybridized carbons (Fsp3) is 0.875. The summed E-state index contributed by atoms with van der Waals surface area (Å²) in [6, 6.07) is 0.119. The minimum atomic E-state index is -0.758. The minimum absolute atomic E-state index is 0.116. The zero-order valence-corrected chi connectivity index (χ0v) is 13.3. The van der Waals surface area contributed by atoms with E-state index in [0.29, 0.717) is 12.0 Å². The molecule has 2 rings (SSSR count). The molecule has 120 valence electrons. The van der Waals surface area contributed by atoms with Crippen LogP contribution in [0.15, 0.2) is 0 Å². The van der Waals surface area contributed by atoms with E-state index in [1.54, 1.807) is 0 Å². The molecule has 21 heavy (non-hydrogen) atoms. The van der Waals surface area contributed by atoms with Crippen molar-refractivity contribution in [2.24, 2.45) is 11.3 Å². The minimum Gasteiger partial charge on any atom is -0.481 e. The summed E-state index contributed by atoms with van der Waals surface area (Å²) in [5, 5.41) is 8.92. The first-order valence-electron chi connectivity index (χ1n) is 8.25. The molecule has 5 nitrogen and oxygen atoms in total. The maximum Gasteiger partial charge on any atom is 0.320 e. The lowest BCUT2D eigenvalue weighted by Gasteiger charge is -2.35. The van der Waals surface area contributed by atoms with Crippen molar-refractivity contribution in [1.82, 2.24) is 9.80 Å². The lowest BCUT2D eigenvalue weighted by molar-refractivity contribution is -0.138. The number of hydrogen-bond donors (Lipinski definition) is 1. The first-order chi connectivity index (χ1) is 9.99. The van der Waals surface area contributed by atoms with Crippen molar-refractivity contribution in [3.05, 3.63) is 0 Å². The van der Waals surface area contributed by atoms with Crippen LogP contribution in [0.4, 0.5) is 4.79 Å². The monoisotopic (exact) mass is 296 g/mol. The van der Waals surface area contributed by atoms with Gasteiger partial charge < -0.3 is 14.9 Å². The van der Waals surface area contributed by atoms with Crippen LogP contribution in [0.3, 0.4) is 0 Å². The average Bonchev–Trinajstić information content (AvgIpc) is 2.91. The molecule has 0 saturated carbocycles. The third-order valence-corrected chi connectivity index (χ3v) is 5.46. The Kier molecular flexibility index (Phi) is 5.12. The summed E-state index contributed by atoms with van der Waals surface area (Å²) in [7, 11) is 0. The lowest BCUT2D eigenvalue weighted by atomic mass is 9.82. The first-order valence-corrected chi connectivity index (χ1v) is 8.25. The molecule has 1 unspecified atom stereocenters. The van der Waals surface area contributed by atoms with Crippen molar-refractivity contribution in [3.63, 3.8) is 0 Å². The van der Waals surface area contributed by atoms with Crippen LogP contribution in [-0.4, -0.2) is 53.1 Å². The smallest absolute Gasteiger partial charge is 0.320 e. The highest BCUT2D eigenvalue weighted by molar-refractivity contribution is 5.75. The predicted octanol–water partition coefficient (Wildman–Crippen LogP) is 2.81. The summed E-state index contributed by atoms with van der Waals surface area (Å²) < 4.78 is 0. The third-order valence-electron chi connectivity index (χ3n) is 5.46. The summed E-state index contributed by atoms with van der Waals surface area (Å²) in [4.78, 5) is 27.4. The Morgan fingerprint density at radius 1 is 1.19 bits per heavy atom. The lowest BCUT2D eigenvalue weighted by Crippen LogP contribution is -2.47. The van der Waals surface area contributed by atoms with Crippen molar-refractivity contribution >= 4 is 12.0 Å². The number of rotatable bonds is 4. The van der Waals surface area contributed by atoms with E-state index in [0.717, 1.165) is 51.7 Å². The van der Waals surface area contributed by atoms with E-state index in [2.05, 4.69) is 13.8 Å². The van der Waals surface area contributed by atoms with Crippen molar-refractivity contribution in [2.45, 2.75) is 52.4 Å². The summed E-state index contributed by atoms with van der Waals surface area (Å²) in [6.07, 6.45) is 5.35. The molecule has 2 amide bonds. The predicted molar refractivity (Wildman–Crippen MR) is 81.2 cm³/mol. The van der Waals surface area contributed by atoms with Gasteiger partial charge in [-0.05, 0) is 43.4 Å². The average molecular weight is 296 g/mol. The first kappa shape index (κ1) is 16.1. The van der Waals surface area contributed by atoms with E-state index in [4.69, 9.17) is 5.11 Å². The fourth-order valence-corrected chi connectivity index (χ4v) is 3.78. The van der Waals surface area contributed by atoms with Crippen LogP contribution in [0.25, 0.3) is 0 Å². The number of piperidine rings is 1. The summed E-state index contributed by atoms with van der Waals surface area (Å²) in [5.74, 6) is -0.642. The van der Waals surface area contributed by atoms with Gasteiger partial charge in [0.1, 0.15) is 0 Å². The second kappa shape index (κ2) is 6.67. The van der Waals surface area contributed by atoms with Gasteiger partial charge in [0.15, 0.2) is 0 Å². The third kappa shape index (κ3) is 3.69. The highest BCUT2D eigenvalue weighted by Crippen LogP contribution is 2.37. The molecule has 2 heterocycles. The molecular formula is C16H28N2O3. The Morgan fingerprint density at radius 2 is 1.90 bits per heavy atom. The molecule has 0 spiro atoms. The molecule has 1 atom stereocenters. The Morgan fingerprint density at radius 3 is 2.48 bits per heavy atom. The largest absolute Gasteiger partial charge is 0.481 e. The van der Waals surface area contributed by atoms with E-state index in [1.807, 2.05) is 9.80 Å². The Bertz CT molecular complexity index is 393. The van der Waals surface area contributed by atoms with Gasteiger partial charge in [0.25, 0.3) is 0 Å². The SMILES string of the molecule is CCC1(CC)CCN(C(=O)N2CCCC(CC(=O)O)C2)C1.